The number of benzene rings is 2. The van der Waals surface area contributed by atoms with E-state index >= 15 is 0 Å². The van der Waals surface area contributed by atoms with Crippen LogP contribution >= 0.6 is 0 Å². The molecule has 5 nitrogen and oxygen atoms in total. The Kier molecular flexibility index (Phi) is 7.77. The van der Waals surface area contributed by atoms with Crippen LogP contribution in [-0.2, 0) is 11.3 Å². The highest BCUT2D eigenvalue weighted by molar-refractivity contribution is 5.96. The minimum Gasteiger partial charge on any atom is -0.340 e. The molecule has 0 unspecified atom stereocenters. The molecule has 1 amide bonds. The molecule has 30 heavy (non-hydrogen) atoms. The molecule has 0 bridgehead atoms. The van der Waals surface area contributed by atoms with Crippen molar-refractivity contribution in [3.63, 3.8) is 0 Å². The van der Waals surface area contributed by atoms with Gasteiger partial charge in [0.2, 0.25) is 5.91 Å². The Labute approximate surface area is 179 Å². The molecular weight excluding hydrogens is 374 g/mol. The quantitative estimate of drug-likeness (QED) is 0.680. The zero-order valence-electron chi connectivity index (χ0n) is 18.1. The Morgan fingerprint density at radius 3 is 2.43 bits per heavy atom. The Morgan fingerprint density at radius 1 is 1.07 bits per heavy atom. The van der Waals surface area contributed by atoms with Crippen LogP contribution in [0.5, 0.6) is 0 Å². The summed E-state index contributed by atoms with van der Waals surface area (Å²) >= 11 is 0. The first kappa shape index (κ1) is 22.2. The van der Waals surface area contributed by atoms with Crippen LogP contribution in [0.3, 0.4) is 0 Å². The molecule has 0 atom stereocenters. The molecule has 1 aliphatic rings. The predicted molar refractivity (Wildman–Crippen MR) is 121 cm³/mol. The van der Waals surface area contributed by atoms with Crippen molar-refractivity contribution >= 4 is 11.7 Å². The van der Waals surface area contributed by atoms with Gasteiger partial charge in [-0.2, -0.15) is 0 Å². The summed E-state index contributed by atoms with van der Waals surface area (Å²) < 4.78 is 0. The van der Waals surface area contributed by atoms with Crippen molar-refractivity contribution < 1.29 is 9.59 Å². The van der Waals surface area contributed by atoms with Gasteiger partial charge in [-0.05, 0) is 68.1 Å². The van der Waals surface area contributed by atoms with E-state index in [2.05, 4.69) is 18.0 Å². The van der Waals surface area contributed by atoms with Gasteiger partial charge in [0.1, 0.15) is 0 Å². The summed E-state index contributed by atoms with van der Waals surface area (Å²) in [4.78, 5) is 28.3. The molecule has 3 rings (SSSR count). The fourth-order valence-corrected chi connectivity index (χ4v) is 4.05. The summed E-state index contributed by atoms with van der Waals surface area (Å²) in [6.45, 7) is 2.83. The number of likely N-dealkylation sites (tertiary alicyclic amines) is 1. The molecule has 1 saturated heterocycles. The first-order valence-corrected chi connectivity index (χ1v) is 10.8. The van der Waals surface area contributed by atoms with Gasteiger partial charge in [-0.3, -0.25) is 9.59 Å². The van der Waals surface area contributed by atoms with Crippen LogP contribution in [0.4, 0.5) is 0 Å². The van der Waals surface area contributed by atoms with Gasteiger partial charge in [0.15, 0.2) is 5.78 Å². The maximum Gasteiger partial charge on any atom is 0.236 e. The molecule has 2 aromatic carbocycles. The third-order valence-electron chi connectivity index (χ3n) is 6.11. The van der Waals surface area contributed by atoms with Crippen molar-refractivity contribution in [3.05, 3.63) is 59.7 Å². The summed E-state index contributed by atoms with van der Waals surface area (Å²) in [7, 11) is 3.92. The highest BCUT2D eigenvalue weighted by Crippen LogP contribution is 2.24. The Balaban J connectivity index is 1.59. The van der Waals surface area contributed by atoms with E-state index in [1.807, 2.05) is 42.5 Å². The third-order valence-corrected chi connectivity index (χ3v) is 6.11. The van der Waals surface area contributed by atoms with Gasteiger partial charge >= 0.3 is 0 Å². The molecule has 2 N–H and O–H groups in total. The van der Waals surface area contributed by atoms with Crippen LogP contribution < -0.4 is 5.73 Å². The fourth-order valence-electron chi connectivity index (χ4n) is 4.05. The molecule has 160 valence electrons. The van der Waals surface area contributed by atoms with Crippen LogP contribution in [0.15, 0.2) is 48.5 Å². The van der Waals surface area contributed by atoms with Gasteiger partial charge in [-0.1, -0.05) is 42.5 Å². The average molecular weight is 408 g/mol. The number of Topliss-reactive ketones (excluding diaryl/α,β-unsaturated/α-hetero) is 1. The number of nitrogens with zero attached hydrogens (tertiary/aromatic N) is 2. The van der Waals surface area contributed by atoms with Crippen LogP contribution in [0, 0.1) is 5.92 Å². The minimum atomic E-state index is -0.0801. The second-order valence-electron chi connectivity index (χ2n) is 8.44. The number of likely N-dealkylation sites (N-methyl/N-ethyl adjacent to an activating group) is 1. The summed E-state index contributed by atoms with van der Waals surface area (Å²) in [5, 5.41) is 0. The fraction of sp³-hybridized carbons (Fsp3) is 0.440. The van der Waals surface area contributed by atoms with E-state index in [1.165, 1.54) is 12.8 Å². The largest absolute Gasteiger partial charge is 0.340 e. The van der Waals surface area contributed by atoms with Crippen LogP contribution in [0.2, 0.25) is 0 Å². The number of piperidine rings is 1. The topological polar surface area (TPSA) is 66.6 Å². The highest BCUT2D eigenvalue weighted by Gasteiger charge is 2.18. The van der Waals surface area contributed by atoms with Crippen molar-refractivity contribution in [3.8, 4) is 11.1 Å². The molecule has 0 spiro atoms. The number of amides is 1. The minimum absolute atomic E-state index is 0.0173. The number of hydrogen-bond acceptors (Lipinski definition) is 4. The lowest BCUT2D eigenvalue weighted by molar-refractivity contribution is -0.128. The van der Waals surface area contributed by atoms with E-state index in [4.69, 9.17) is 5.73 Å². The van der Waals surface area contributed by atoms with E-state index in [0.29, 0.717) is 18.9 Å². The molecule has 1 heterocycles. The molecule has 1 fully saturated rings. The summed E-state index contributed by atoms with van der Waals surface area (Å²) in [6.07, 6.45) is 4.02. The van der Waals surface area contributed by atoms with E-state index in [0.717, 1.165) is 41.8 Å². The molecule has 1 aliphatic heterocycles. The number of nitrogens with two attached hydrogens (primary N) is 1. The van der Waals surface area contributed by atoms with Crippen molar-refractivity contribution in [1.29, 1.82) is 0 Å². The van der Waals surface area contributed by atoms with Crippen molar-refractivity contribution in [2.24, 2.45) is 11.7 Å². The summed E-state index contributed by atoms with van der Waals surface area (Å²) in [6, 6.07) is 16.0. The van der Waals surface area contributed by atoms with E-state index in [9.17, 15) is 9.59 Å². The predicted octanol–water partition coefficient (Wildman–Crippen LogP) is 3.58. The van der Waals surface area contributed by atoms with Gasteiger partial charge in [0.25, 0.3) is 0 Å². The Morgan fingerprint density at radius 2 is 1.77 bits per heavy atom. The second kappa shape index (κ2) is 10.5. The number of carbonyl (C=O) groups excluding carboxylic acids is 2. The lowest BCUT2D eigenvalue weighted by Crippen LogP contribution is -2.32. The van der Waals surface area contributed by atoms with Crippen LogP contribution in [0.25, 0.3) is 11.1 Å². The van der Waals surface area contributed by atoms with E-state index in [1.54, 1.807) is 11.9 Å². The van der Waals surface area contributed by atoms with Gasteiger partial charge in [-0.25, -0.2) is 0 Å². The van der Waals surface area contributed by atoms with Gasteiger partial charge in [0.05, 0.1) is 6.54 Å². The first-order chi connectivity index (χ1) is 14.5. The molecule has 0 radical (unpaired) electrons. The number of hydrogen-bond donors (Lipinski definition) is 1. The SMILES string of the molecule is CN1CCC(CCC(=O)c2ccc(-c3cccc(CN(C)C(=O)CN)c3)cc2)CC1. The Bertz CT molecular complexity index is 855. The van der Waals surface area contributed by atoms with Crippen molar-refractivity contribution in [1.82, 2.24) is 9.80 Å². The zero-order chi connectivity index (χ0) is 21.5. The first-order valence-electron chi connectivity index (χ1n) is 10.8. The Hall–Kier alpha value is -2.50. The normalized spacial score (nSPS) is 15.2. The molecular formula is C25H33N3O2. The smallest absolute Gasteiger partial charge is 0.236 e. The highest BCUT2D eigenvalue weighted by atomic mass is 16.2. The van der Waals surface area contributed by atoms with Crippen molar-refractivity contribution in [2.45, 2.75) is 32.2 Å². The molecule has 0 aromatic heterocycles. The van der Waals surface area contributed by atoms with E-state index < -0.39 is 0 Å². The molecule has 2 aromatic rings. The third kappa shape index (κ3) is 6.00. The number of ketones is 1. The maximum absolute atomic E-state index is 12.6. The maximum atomic E-state index is 12.6. The van der Waals surface area contributed by atoms with Crippen LogP contribution in [0.1, 0.15) is 41.6 Å². The van der Waals surface area contributed by atoms with Gasteiger partial charge < -0.3 is 15.5 Å². The lowest BCUT2D eigenvalue weighted by atomic mass is 9.90. The van der Waals surface area contributed by atoms with E-state index in [-0.39, 0.29) is 18.2 Å². The monoisotopic (exact) mass is 407 g/mol. The van der Waals surface area contributed by atoms with Gasteiger partial charge in [0, 0.05) is 25.6 Å². The number of carbonyl (C=O) groups is 2. The lowest BCUT2D eigenvalue weighted by Gasteiger charge is -2.28. The van der Waals surface area contributed by atoms with Crippen LogP contribution in [-0.4, -0.2) is 55.2 Å². The van der Waals surface area contributed by atoms with Gasteiger partial charge in [-0.15, -0.1) is 0 Å². The summed E-state index contributed by atoms with van der Waals surface area (Å²) in [5.41, 5.74) is 9.42. The summed E-state index contributed by atoms with van der Waals surface area (Å²) in [5.74, 6) is 0.830. The second-order valence-corrected chi connectivity index (χ2v) is 8.44. The molecule has 5 heteroatoms. The average Bonchev–Trinajstić information content (AvgIpc) is 2.78. The van der Waals surface area contributed by atoms with Crippen molar-refractivity contribution in [2.75, 3.05) is 33.7 Å². The molecule has 0 saturated carbocycles. The standard InChI is InChI=1S/C25H33N3O2/c1-27-14-12-19(13-15-27)6-11-24(29)22-9-7-21(8-10-22)23-5-3-4-20(16-23)18-28(2)25(30)17-26/h3-5,7-10,16,19H,6,11-15,17-18,26H2,1-2H3. The zero-order valence-corrected chi connectivity index (χ0v) is 18.1. The number of rotatable bonds is 8. The molecule has 0 aliphatic carbocycles.